The highest BCUT2D eigenvalue weighted by Crippen LogP contribution is 2.47. The first-order valence-corrected chi connectivity index (χ1v) is 9.44. The number of esters is 1. The molecule has 0 spiro atoms. The van der Waals surface area contributed by atoms with Crippen molar-refractivity contribution >= 4 is 35.2 Å². The van der Waals surface area contributed by atoms with Crippen LogP contribution in [0.3, 0.4) is 0 Å². The normalized spacial score (nSPS) is 25.6. The average molecular weight is 378 g/mol. The molecule has 7 nitrogen and oxygen atoms in total. The van der Waals surface area contributed by atoms with Crippen molar-refractivity contribution in [2.24, 2.45) is 0 Å². The molecule has 0 radical (unpaired) electrons. The van der Waals surface area contributed by atoms with Crippen LogP contribution in [0.4, 0.5) is 5.69 Å². The molecule has 0 unspecified atom stereocenters. The third-order valence-corrected chi connectivity index (χ3v) is 6.24. The summed E-state index contributed by atoms with van der Waals surface area (Å²) in [4.78, 5) is 38.2. The van der Waals surface area contributed by atoms with Gasteiger partial charge in [0.15, 0.2) is 6.10 Å². The fraction of sp³-hybridized carbons (Fsp3) is 0.500. The summed E-state index contributed by atoms with van der Waals surface area (Å²) in [5.74, 6) is 0.182. The van der Waals surface area contributed by atoms with Gasteiger partial charge >= 0.3 is 5.97 Å². The molecule has 2 fully saturated rings. The minimum atomic E-state index is -0.959. The Hall–Kier alpha value is -2.22. The zero-order chi connectivity index (χ0) is 18.9. The van der Waals surface area contributed by atoms with Crippen LogP contribution in [0, 0.1) is 0 Å². The number of nitrogens with one attached hydrogen (secondary N) is 1. The maximum Gasteiger partial charge on any atom is 0.330 e. The van der Waals surface area contributed by atoms with Crippen molar-refractivity contribution in [3.8, 4) is 5.75 Å². The molecule has 2 amide bonds. The second-order valence-electron chi connectivity index (χ2n) is 6.56. The quantitative estimate of drug-likeness (QED) is 0.789. The molecular formula is C18H22N2O5S. The smallest absolute Gasteiger partial charge is 0.330 e. The van der Waals surface area contributed by atoms with Crippen molar-refractivity contribution in [1.29, 1.82) is 0 Å². The molecule has 0 saturated carbocycles. The maximum absolute atomic E-state index is 12.5. The van der Waals surface area contributed by atoms with E-state index in [1.807, 2.05) is 6.92 Å². The standard InChI is InChI=1S/C18H22N2O5S/c1-11(16(22)19-12-4-6-13(24-3)7-5-12)25-17(23)14-10-26-18(2)9-8-15(21)20(14)18/h4-7,11,14H,8-10H2,1-3H3,(H,19,22)/t11-,14-,18-/m0/s1. The summed E-state index contributed by atoms with van der Waals surface area (Å²) in [6.07, 6.45) is 0.216. The number of hydrogen-bond donors (Lipinski definition) is 1. The molecule has 2 aliphatic heterocycles. The fourth-order valence-electron chi connectivity index (χ4n) is 3.22. The molecule has 8 heteroatoms. The molecule has 26 heavy (non-hydrogen) atoms. The second kappa shape index (κ2) is 7.19. The topological polar surface area (TPSA) is 84.9 Å². The van der Waals surface area contributed by atoms with Gasteiger partial charge in [-0.3, -0.25) is 9.59 Å². The summed E-state index contributed by atoms with van der Waals surface area (Å²) in [6, 6.07) is 6.22. The summed E-state index contributed by atoms with van der Waals surface area (Å²) in [7, 11) is 1.56. The van der Waals surface area contributed by atoms with Crippen LogP contribution in [0.25, 0.3) is 0 Å². The predicted molar refractivity (Wildman–Crippen MR) is 97.9 cm³/mol. The van der Waals surface area contributed by atoms with E-state index in [4.69, 9.17) is 9.47 Å². The highest BCUT2D eigenvalue weighted by Gasteiger charge is 2.53. The molecule has 140 valence electrons. The van der Waals surface area contributed by atoms with Gasteiger partial charge in [0, 0.05) is 17.9 Å². The summed E-state index contributed by atoms with van der Waals surface area (Å²) in [5, 5.41) is 2.69. The molecular weight excluding hydrogens is 356 g/mol. The van der Waals surface area contributed by atoms with E-state index >= 15 is 0 Å². The molecule has 0 bridgehead atoms. The Bertz CT molecular complexity index is 723. The van der Waals surface area contributed by atoms with E-state index in [1.165, 1.54) is 6.92 Å². The summed E-state index contributed by atoms with van der Waals surface area (Å²) in [6.45, 7) is 3.49. The zero-order valence-corrected chi connectivity index (χ0v) is 15.8. The van der Waals surface area contributed by atoms with Gasteiger partial charge in [0.2, 0.25) is 5.91 Å². The number of benzene rings is 1. The van der Waals surface area contributed by atoms with Gasteiger partial charge in [-0.2, -0.15) is 0 Å². The van der Waals surface area contributed by atoms with E-state index in [-0.39, 0.29) is 10.8 Å². The number of nitrogens with zero attached hydrogens (tertiary/aromatic N) is 1. The highest BCUT2D eigenvalue weighted by molar-refractivity contribution is 8.01. The molecule has 1 N–H and O–H groups in total. The van der Waals surface area contributed by atoms with Gasteiger partial charge in [-0.15, -0.1) is 11.8 Å². The number of hydrogen-bond acceptors (Lipinski definition) is 6. The third-order valence-electron chi connectivity index (χ3n) is 4.74. The SMILES string of the molecule is COc1ccc(NC(=O)[C@H](C)OC(=O)[C@@H]2CS[C@@]3(C)CCC(=O)N23)cc1. The van der Waals surface area contributed by atoms with Crippen LogP contribution in [-0.4, -0.2) is 52.6 Å². The first-order chi connectivity index (χ1) is 12.3. The molecule has 1 aromatic carbocycles. The van der Waals surface area contributed by atoms with Gasteiger partial charge in [0.1, 0.15) is 11.8 Å². The first-order valence-electron chi connectivity index (χ1n) is 8.45. The number of carbonyl (C=O) groups excluding carboxylic acids is 3. The first kappa shape index (κ1) is 18.6. The van der Waals surface area contributed by atoms with E-state index in [2.05, 4.69) is 5.32 Å². The Morgan fingerprint density at radius 2 is 2.04 bits per heavy atom. The Morgan fingerprint density at radius 3 is 2.69 bits per heavy atom. The van der Waals surface area contributed by atoms with E-state index < -0.39 is 24.0 Å². The van der Waals surface area contributed by atoms with Gasteiger partial charge in [0.05, 0.1) is 12.0 Å². The Balaban J connectivity index is 1.58. The van der Waals surface area contributed by atoms with Gasteiger partial charge in [-0.05, 0) is 44.5 Å². The molecule has 2 heterocycles. The molecule has 3 atom stereocenters. The van der Waals surface area contributed by atoms with Crippen molar-refractivity contribution in [2.45, 2.75) is 43.7 Å². The molecule has 0 aliphatic carbocycles. The molecule has 0 aromatic heterocycles. The van der Waals surface area contributed by atoms with Crippen LogP contribution in [0.5, 0.6) is 5.75 Å². The number of carbonyl (C=O) groups is 3. The van der Waals surface area contributed by atoms with Gasteiger partial charge in [-0.25, -0.2) is 4.79 Å². The Labute approximate surface area is 156 Å². The van der Waals surface area contributed by atoms with Crippen molar-refractivity contribution in [3.63, 3.8) is 0 Å². The number of amides is 2. The third kappa shape index (κ3) is 3.51. The van der Waals surface area contributed by atoms with Crippen LogP contribution in [0.1, 0.15) is 26.7 Å². The number of ether oxygens (including phenoxy) is 2. The molecule has 2 aliphatic rings. The second-order valence-corrected chi connectivity index (χ2v) is 8.06. The lowest BCUT2D eigenvalue weighted by molar-refractivity contribution is -0.160. The lowest BCUT2D eigenvalue weighted by atomic mass is 10.2. The van der Waals surface area contributed by atoms with Crippen LogP contribution < -0.4 is 10.1 Å². The van der Waals surface area contributed by atoms with Crippen molar-refractivity contribution in [1.82, 2.24) is 4.90 Å². The fourth-order valence-corrected chi connectivity index (χ4v) is 4.64. The minimum absolute atomic E-state index is 0.0326. The summed E-state index contributed by atoms with van der Waals surface area (Å²) >= 11 is 1.59. The number of methoxy groups -OCH3 is 1. The summed E-state index contributed by atoms with van der Waals surface area (Å²) in [5.41, 5.74) is 0.581. The van der Waals surface area contributed by atoms with Crippen molar-refractivity contribution < 1.29 is 23.9 Å². The number of anilines is 1. The van der Waals surface area contributed by atoms with Gasteiger partial charge in [0.25, 0.3) is 5.91 Å². The predicted octanol–water partition coefficient (Wildman–Crippen LogP) is 2.02. The number of thioether (sulfide) groups is 1. The monoisotopic (exact) mass is 378 g/mol. The zero-order valence-electron chi connectivity index (χ0n) is 15.0. The minimum Gasteiger partial charge on any atom is -0.497 e. The lowest BCUT2D eigenvalue weighted by Gasteiger charge is -2.29. The van der Waals surface area contributed by atoms with Gasteiger partial charge in [-0.1, -0.05) is 0 Å². The molecule has 2 saturated heterocycles. The largest absolute Gasteiger partial charge is 0.497 e. The Morgan fingerprint density at radius 1 is 1.35 bits per heavy atom. The van der Waals surface area contributed by atoms with E-state index in [9.17, 15) is 14.4 Å². The van der Waals surface area contributed by atoms with Crippen molar-refractivity contribution in [3.05, 3.63) is 24.3 Å². The van der Waals surface area contributed by atoms with Crippen LogP contribution in [-0.2, 0) is 19.1 Å². The molecule has 1 aromatic rings. The summed E-state index contributed by atoms with van der Waals surface area (Å²) < 4.78 is 10.4. The highest BCUT2D eigenvalue weighted by atomic mass is 32.2. The maximum atomic E-state index is 12.5. The van der Waals surface area contributed by atoms with Crippen LogP contribution in [0.15, 0.2) is 24.3 Å². The van der Waals surface area contributed by atoms with E-state index in [0.29, 0.717) is 23.6 Å². The van der Waals surface area contributed by atoms with E-state index in [1.54, 1.807) is 48.0 Å². The van der Waals surface area contributed by atoms with Crippen LogP contribution in [0.2, 0.25) is 0 Å². The number of fused-ring (bicyclic) bond motifs is 1. The van der Waals surface area contributed by atoms with Gasteiger partial charge < -0.3 is 19.7 Å². The average Bonchev–Trinajstić information content (AvgIpc) is 3.11. The number of rotatable bonds is 5. The van der Waals surface area contributed by atoms with Crippen LogP contribution >= 0.6 is 11.8 Å². The van der Waals surface area contributed by atoms with E-state index in [0.717, 1.165) is 6.42 Å². The molecule has 3 rings (SSSR count). The lowest BCUT2D eigenvalue weighted by Crippen LogP contribution is -2.48. The Kier molecular flexibility index (Phi) is 5.13. The van der Waals surface area contributed by atoms with Crippen molar-refractivity contribution in [2.75, 3.05) is 18.2 Å².